The molecule has 1 heterocycles. The number of anilines is 2. The Bertz CT molecular complexity index is 566. The molecule has 0 unspecified atom stereocenters. The van der Waals surface area contributed by atoms with Gasteiger partial charge in [-0.15, -0.1) is 0 Å². The van der Waals surface area contributed by atoms with Gasteiger partial charge in [-0.3, -0.25) is 4.79 Å². The molecule has 1 fully saturated rings. The molecule has 2 rings (SSSR count). The molecule has 1 saturated carbocycles. The van der Waals surface area contributed by atoms with Crippen molar-refractivity contribution in [1.29, 1.82) is 0 Å². The lowest BCUT2D eigenvalue weighted by Gasteiger charge is -2.30. The summed E-state index contributed by atoms with van der Waals surface area (Å²) in [5.41, 5.74) is 5.60. The third-order valence-corrected chi connectivity index (χ3v) is 5.06. The number of nitrogens with one attached hydrogen (secondary N) is 2. The molecule has 0 aromatic carbocycles. The van der Waals surface area contributed by atoms with Crippen molar-refractivity contribution in [2.45, 2.75) is 77.0 Å². The van der Waals surface area contributed by atoms with Gasteiger partial charge in [0.25, 0.3) is 5.91 Å². The van der Waals surface area contributed by atoms with Crippen LogP contribution in [0.5, 0.6) is 0 Å². The predicted molar refractivity (Wildman–Crippen MR) is 95.0 cm³/mol. The summed E-state index contributed by atoms with van der Waals surface area (Å²) >= 11 is 0. The molecule has 24 heavy (non-hydrogen) atoms. The summed E-state index contributed by atoms with van der Waals surface area (Å²) in [5, 5.41) is 16.3. The van der Waals surface area contributed by atoms with Crippen LogP contribution in [0.4, 0.5) is 11.8 Å². The minimum absolute atomic E-state index is 0.162. The van der Waals surface area contributed by atoms with Crippen LogP contribution in [0.3, 0.4) is 0 Å². The molecule has 0 radical (unpaired) electrons. The zero-order valence-electron chi connectivity index (χ0n) is 14.8. The highest BCUT2D eigenvalue weighted by Gasteiger charge is 2.24. The Morgan fingerprint density at radius 3 is 2.50 bits per heavy atom. The summed E-state index contributed by atoms with van der Waals surface area (Å²) in [6.45, 7) is 6.28. The number of nitrogens with two attached hydrogens (primary N) is 1. The van der Waals surface area contributed by atoms with Gasteiger partial charge in [-0.25, -0.2) is 4.98 Å². The Hall–Kier alpha value is -1.89. The van der Waals surface area contributed by atoms with Gasteiger partial charge in [0.05, 0.1) is 11.7 Å². The molecule has 1 aromatic rings. The summed E-state index contributed by atoms with van der Waals surface area (Å²) in [5.74, 6) is 0.417. The second-order valence-corrected chi connectivity index (χ2v) is 6.86. The van der Waals surface area contributed by atoms with Crippen molar-refractivity contribution in [3.63, 3.8) is 0 Å². The molecule has 7 nitrogen and oxygen atoms in total. The minimum Gasteiger partial charge on any atom is -0.393 e. The average Bonchev–Trinajstić information content (AvgIpc) is 2.57. The quantitative estimate of drug-likeness (QED) is 0.608. The van der Waals surface area contributed by atoms with E-state index in [1.54, 1.807) is 0 Å². The van der Waals surface area contributed by atoms with Crippen LogP contribution in [0, 0.1) is 0 Å². The number of rotatable bonds is 7. The first-order valence-electron chi connectivity index (χ1n) is 8.76. The Morgan fingerprint density at radius 2 is 1.96 bits per heavy atom. The van der Waals surface area contributed by atoms with E-state index in [1.807, 2.05) is 0 Å². The Morgan fingerprint density at radius 1 is 1.33 bits per heavy atom. The van der Waals surface area contributed by atoms with Crippen molar-refractivity contribution in [2.75, 3.05) is 10.6 Å². The molecule has 7 heteroatoms. The van der Waals surface area contributed by atoms with Gasteiger partial charge in [-0.1, -0.05) is 13.8 Å². The zero-order chi connectivity index (χ0) is 17.7. The first kappa shape index (κ1) is 18.4. The van der Waals surface area contributed by atoms with Gasteiger partial charge in [-0.05, 0) is 45.4 Å². The number of aliphatic hydroxyl groups excluding tert-OH is 1. The highest BCUT2D eigenvalue weighted by atomic mass is 16.3. The van der Waals surface area contributed by atoms with Crippen LogP contribution in [-0.4, -0.2) is 38.7 Å². The molecule has 5 N–H and O–H groups in total. The van der Waals surface area contributed by atoms with Crippen LogP contribution >= 0.6 is 0 Å². The number of primary amides is 1. The molecular formula is C17H29N5O2. The van der Waals surface area contributed by atoms with Crippen molar-refractivity contribution in [3.05, 3.63) is 11.8 Å². The number of hydrogen-bond acceptors (Lipinski definition) is 6. The lowest BCUT2D eigenvalue weighted by molar-refractivity contribution is 0.1000. The van der Waals surface area contributed by atoms with Crippen molar-refractivity contribution < 1.29 is 9.90 Å². The third kappa shape index (κ3) is 4.56. The maximum Gasteiger partial charge on any atom is 0.254 e. The van der Waals surface area contributed by atoms with Crippen LogP contribution < -0.4 is 16.4 Å². The number of hydrogen-bond donors (Lipinski definition) is 4. The van der Waals surface area contributed by atoms with E-state index in [2.05, 4.69) is 41.4 Å². The minimum atomic E-state index is -0.542. The molecule has 0 aliphatic heterocycles. The molecule has 1 aromatic heterocycles. The lowest BCUT2D eigenvalue weighted by Crippen LogP contribution is -2.35. The van der Waals surface area contributed by atoms with E-state index in [0.29, 0.717) is 17.3 Å². The second kappa shape index (κ2) is 7.79. The summed E-state index contributed by atoms with van der Waals surface area (Å²) in [7, 11) is 0. The Kier molecular flexibility index (Phi) is 5.99. The largest absolute Gasteiger partial charge is 0.393 e. The van der Waals surface area contributed by atoms with E-state index in [0.717, 1.165) is 38.5 Å². The first-order chi connectivity index (χ1) is 11.4. The molecule has 134 valence electrons. The lowest BCUT2D eigenvalue weighted by atomic mass is 9.93. The van der Waals surface area contributed by atoms with E-state index in [4.69, 9.17) is 5.73 Å². The summed E-state index contributed by atoms with van der Waals surface area (Å²) in [4.78, 5) is 20.4. The van der Waals surface area contributed by atoms with Crippen molar-refractivity contribution >= 4 is 17.7 Å². The highest BCUT2D eigenvalue weighted by molar-refractivity contribution is 5.97. The number of carbonyl (C=O) groups excluding carboxylic acids is 1. The molecule has 0 saturated heterocycles. The number of carbonyl (C=O) groups is 1. The highest BCUT2D eigenvalue weighted by Crippen LogP contribution is 2.25. The zero-order valence-corrected chi connectivity index (χ0v) is 14.8. The van der Waals surface area contributed by atoms with Gasteiger partial charge >= 0.3 is 0 Å². The van der Waals surface area contributed by atoms with Gasteiger partial charge in [-0.2, -0.15) is 4.98 Å². The van der Waals surface area contributed by atoms with Crippen LogP contribution in [-0.2, 0) is 0 Å². The molecule has 1 aliphatic carbocycles. The maximum absolute atomic E-state index is 11.7. The van der Waals surface area contributed by atoms with E-state index in [1.165, 1.54) is 6.20 Å². The monoisotopic (exact) mass is 335 g/mol. The number of nitrogens with zero attached hydrogens (tertiary/aromatic N) is 2. The SMILES string of the molecule is CCC(C)(CC)Nc1nc(NC2CCC(O)CC2)ncc1C(N)=O. The molecule has 1 amide bonds. The predicted octanol–water partition coefficient (Wildman–Crippen LogP) is 2.28. The molecule has 1 aliphatic rings. The van der Waals surface area contributed by atoms with E-state index in [-0.39, 0.29) is 17.7 Å². The van der Waals surface area contributed by atoms with Gasteiger partial charge < -0.3 is 21.5 Å². The smallest absolute Gasteiger partial charge is 0.254 e. The number of aliphatic hydroxyl groups is 1. The average molecular weight is 335 g/mol. The van der Waals surface area contributed by atoms with Gasteiger partial charge in [0.1, 0.15) is 5.82 Å². The summed E-state index contributed by atoms with van der Waals surface area (Å²) < 4.78 is 0. The first-order valence-corrected chi connectivity index (χ1v) is 8.76. The van der Waals surface area contributed by atoms with Crippen molar-refractivity contribution in [2.24, 2.45) is 5.73 Å². The van der Waals surface area contributed by atoms with Crippen LogP contribution in [0.15, 0.2) is 6.20 Å². The Balaban J connectivity index is 2.19. The van der Waals surface area contributed by atoms with E-state index in [9.17, 15) is 9.90 Å². The van der Waals surface area contributed by atoms with Gasteiger partial charge in [0, 0.05) is 17.8 Å². The molecule has 0 spiro atoms. The van der Waals surface area contributed by atoms with Crippen LogP contribution in [0.25, 0.3) is 0 Å². The van der Waals surface area contributed by atoms with Gasteiger partial charge in [0.15, 0.2) is 0 Å². The van der Waals surface area contributed by atoms with Crippen LogP contribution in [0.2, 0.25) is 0 Å². The third-order valence-electron chi connectivity index (χ3n) is 5.06. The second-order valence-electron chi connectivity index (χ2n) is 6.86. The number of aromatic nitrogens is 2. The van der Waals surface area contributed by atoms with Gasteiger partial charge in [0.2, 0.25) is 5.95 Å². The van der Waals surface area contributed by atoms with Crippen LogP contribution in [0.1, 0.15) is 69.7 Å². The van der Waals surface area contributed by atoms with Crippen molar-refractivity contribution in [3.8, 4) is 0 Å². The fraction of sp³-hybridized carbons (Fsp3) is 0.706. The van der Waals surface area contributed by atoms with E-state index < -0.39 is 5.91 Å². The van der Waals surface area contributed by atoms with E-state index >= 15 is 0 Å². The standard InChI is InChI=1S/C17H29N5O2/c1-4-17(3,5-2)22-15-13(14(18)24)10-19-16(21-15)20-11-6-8-12(23)9-7-11/h10-12,23H,4-9H2,1-3H3,(H2,18,24)(H2,19,20,21,22). The summed E-state index contributed by atoms with van der Waals surface area (Å²) in [6.07, 6.45) is 6.40. The summed E-state index contributed by atoms with van der Waals surface area (Å²) in [6, 6.07) is 0.240. The fourth-order valence-electron chi connectivity index (χ4n) is 2.84. The number of amides is 1. The Labute approximate surface area is 143 Å². The fourth-order valence-corrected chi connectivity index (χ4v) is 2.84. The molecular weight excluding hydrogens is 306 g/mol. The maximum atomic E-state index is 11.7. The normalized spacial score (nSPS) is 21.3. The van der Waals surface area contributed by atoms with Crippen molar-refractivity contribution in [1.82, 2.24) is 9.97 Å². The molecule has 0 atom stereocenters. The topological polar surface area (TPSA) is 113 Å². The molecule has 0 bridgehead atoms.